The van der Waals surface area contributed by atoms with Gasteiger partial charge < -0.3 is 4.90 Å². The summed E-state index contributed by atoms with van der Waals surface area (Å²) in [6.07, 6.45) is 5.68. The molecule has 1 unspecified atom stereocenters. The van der Waals surface area contributed by atoms with E-state index in [-0.39, 0.29) is 11.9 Å². The number of amides is 1. The van der Waals surface area contributed by atoms with Gasteiger partial charge in [0.15, 0.2) is 0 Å². The predicted octanol–water partition coefficient (Wildman–Crippen LogP) is 1.82. The van der Waals surface area contributed by atoms with Gasteiger partial charge in [-0.3, -0.25) is 14.9 Å². The van der Waals surface area contributed by atoms with E-state index < -0.39 is 0 Å². The molecular weight excluding hydrogens is 240 g/mol. The number of likely N-dealkylation sites (N-methyl/N-ethyl adjacent to an activating group) is 1. The molecule has 0 bridgehead atoms. The standard InChI is InChI=1S/C14H18N4O/c1-10-5-4-6-15-13(10)7-11(2)18(3)14(19)12-8-16-17-9-12/h4-6,8-9,11H,7H2,1-3H3,(H,16,17). The zero-order chi connectivity index (χ0) is 13.8. The van der Waals surface area contributed by atoms with Crippen molar-refractivity contribution >= 4 is 5.91 Å². The summed E-state index contributed by atoms with van der Waals surface area (Å²) in [4.78, 5) is 18.3. The highest BCUT2D eigenvalue weighted by Gasteiger charge is 2.19. The number of rotatable bonds is 4. The number of aryl methyl sites for hydroxylation is 1. The molecule has 2 aromatic heterocycles. The lowest BCUT2D eigenvalue weighted by Gasteiger charge is -2.24. The lowest BCUT2D eigenvalue weighted by molar-refractivity contribution is 0.0743. The van der Waals surface area contributed by atoms with Crippen molar-refractivity contribution in [3.8, 4) is 0 Å². The summed E-state index contributed by atoms with van der Waals surface area (Å²) in [7, 11) is 1.80. The van der Waals surface area contributed by atoms with Crippen LogP contribution in [0.3, 0.4) is 0 Å². The molecule has 0 aromatic carbocycles. The Hall–Kier alpha value is -2.17. The molecule has 2 aromatic rings. The molecule has 1 N–H and O–H groups in total. The van der Waals surface area contributed by atoms with Crippen LogP contribution in [0.15, 0.2) is 30.7 Å². The van der Waals surface area contributed by atoms with Crippen molar-refractivity contribution < 1.29 is 4.79 Å². The largest absolute Gasteiger partial charge is 0.339 e. The Morgan fingerprint density at radius 3 is 2.95 bits per heavy atom. The predicted molar refractivity (Wildman–Crippen MR) is 72.8 cm³/mol. The molecule has 0 aliphatic heterocycles. The fourth-order valence-electron chi connectivity index (χ4n) is 1.92. The lowest BCUT2D eigenvalue weighted by atomic mass is 10.1. The molecule has 1 amide bonds. The molecule has 2 heterocycles. The van der Waals surface area contributed by atoms with Crippen molar-refractivity contribution in [1.82, 2.24) is 20.1 Å². The van der Waals surface area contributed by atoms with E-state index in [1.54, 1.807) is 24.3 Å². The van der Waals surface area contributed by atoms with Crippen LogP contribution in [0.2, 0.25) is 0 Å². The minimum Gasteiger partial charge on any atom is -0.339 e. The Bertz CT molecular complexity index is 550. The zero-order valence-electron chi connectivity index (χ0n) is 11.4. The molecule has 100 valence electrons. The monoisotopic (exact) mass is 258 g/mol. The molecule has 5 nitrogen and oxygen atoms in total. The van der Waals surface area contributed by atoms with E-state index in [2.05, 4.69) is 15.2 Å². The Morgan fingerprint density at radius 2 is 2.32 bits per heavy atom. The third kappa shape index (κ3) is 2.99. The molecule has 5 heteroatoms. The fraction of sp³-hybridized carbons (Fsp3) is 0.357. The number of hydrogen-bond acceptors (Lipinski definition) is 3. The second-order valence-electron chi connectivity index (χ2n) is 4.72. The fourth-order valence-corrected chi connectivity index (χ4v) is 1.92. The van der Waals surface area contributed by atoms with Gasteiger partial charge in [-0.2, -0.15) is 5.10 Å². The first-order valence-electron chi connectivity index (χ1n) is 6.26. The molecular formula is C14H18N4O. The van der Waals surface area contributed by atoms with E-state index >= 15 is 0 Å². The molecule has 0 spiro atoms. The molecule has 1 atom stereocenters. The van der Waals surface area contributed by atoms with E-state index in [0.29, 0.717) is 5.56 Å². The molecule has 2 rings (SSSR count). The third-order valence-electron chi connectivity index (χ3n) is 3.33. The Labute approximate surface area is 112 Å². The van der Waals surface area contributed by atoms with Crippen LogP contribution < -0.4 is 0 Å². The summed E-state index contributed by atoms with van der Waals surface area (Å²) in [6, 6.07) is 4.03. The van der Waals surface area contributed by atoms with Crippen molar-refractivity contribution in [1.29, 1.82) is 0 Å². The van der Waals surface area contributed by atoms with Crippen LogP contribution in [0, 0.1) is 6.92 Å². The third-order valence-corrected chi connectivity index (χ3v) is 3.33. The maximum absolute atomic E-state index is 12.2. The van der Waals surface area contributed by atoms with E-state index in [4.69, 9.17) is 0 Å². The van der Waals surface area contributed by atoms with Gasteiger partial charge in [-0.15, -0.1) is 0 Å². The van der Waals surface area contributed by atoms with Gasteiger partial charge in [0.25, 0.3) is 5.91 Å². The minimum absolute atomic E-state index is 0.0326. The van der Waals surface area contributed by atoms with Gasteiger partial charge in [0.05, 0.1) is 11.8 Å². The van der Waals surface area contributed by atoms with E-state index in [1.807, 2.05) is 26.0 Å². The van der Waals surface area contributed by atoms with Crippen molar-refractivity contribution in [2.75, 3.05) is 7.05 Å². The second-order valence-corrected chi connectivity index (χ2v) is 4.72. The Morgan fingerprint density at radius 1 is 1.53 bits per heavy atom. The molecule has 19 heavy (non-hydrogen) atoms. The highest BCUT2D eigenvalue weighted by atomic mass is 16.2. The summed E-state index contributed by atoms with van der Waals surface area (Å²) in [5.41, 5.74) is 2.76. The van der Waals surface area contributed by atoms with Gasteiger partial charge in [0.1, 0.15) is 0 Å². The smallest absolute Gasteiger partial charge is 0.257 e. The summed E-state index contributed by atoms with van der Waals surface area (Å²) in [6.45, 7) is 4.05. The number of nitrogens with zero attached hydrogens (tertiary/aromatic N) is 3. The zero-order valence-corrected chi connectivity index (χ0v) is 11.4. The SMILES string of the molecule is Cc1cccnc1CC(C)N(C)C(=O)c1cn[nH]c1. The van der Waals surface area contributed by atoms with Crippen molar-refractivity contribution in [2.45, 2.75) is 26.3 Å². The summed E-state index contributed by atoms with van der Waals surface area (Å²) < 4.78 is 0. The molecule has 0 fully saturated rings. The number of hydrogen-bond donors (Lipinski definition) is 1. The first-order valence-corrected chi connectivity index (χ1v) is 6.26. The van der Waals surface area contributed by atoms with Crippen LogP contribution in [-0.4, -0.2) is 39.1 Å². The number of aromatic amines is 1. The van der Waals surface area contributed by atoms with Crippen molar-refractivity contribution in [3.05, 3.63) is 47.5 Å². The molecule has 0 saturated heterocycles. The van der Waals surface area contributed by atoms with Gasteiger partial charge in [0, 0.05) is 37.6 Å². The lowest BCUT2D eigenvalue weighted by Crippen LogP contribution is -2.36. The maximum Gasteiger partial charge on any atom is 0.257 e. The average Bonchev–Trinajstić information content (AvgIpc) is 2.93. The van der Waals surface area contributed by atoms with E-state index in [0.717, 1.165) is 17.7 Å². The number of carbonyl (C=O) groups is 1. The van der Waals surface area contributed by atoms with E-state index in [1.165, 1.54) is 6.20 Å². The average molecular weight is 258 g/mol. The summed E-state index contributed by atoms with van der Waals surface area (Å²) >= 11 is 0. The maximum atomic E-state index is 12.2. The van der Waals surface area contributed by atoms with Gasteiger partial charge in [-0.1, -0.05) is 6.07 Å². The topological polar surface area (TPSA) is 61.9 Å². The quantitative estimate of drug-likeness (QED) is 0.909. The van der Waals surface area contributed by atoms with Crippen LogP contribution in [0.5, 0.6) is 0 Å². The van der Waals surface area contributed by atoms with Gasteiger partial charge >= 0.3 is 0 Å². The number of H-pyrrole nitrogens is 1. The van der Waals surface area contributed by atoms with Crippen LogP contribution in [-0.2, 0) is 6.42 Å². The summed E-state index contributed by atoms with van der Waals surface area (Å²) in [5.74, 6) is -0.0326. The first-order chi connectivity index (χ1) is 9.09. The van der Waals surface area contributed by atoms with Gasteiger partial charge in [-0.25, -0.2) is 0 Å². The van der Waals surface area contributed by atoms with Crippen LogP contribution in [0.4, 0.5) is 0 Å². The minimum atomic E-state index is -0.0326. The summed E-state index contributed by atoms with van der Waals surface area (Å²) in [5, 5.41) is 6.45. The molecule has 0 radical (unpaired) electrons. The number of aromatic nitrogens is 3. The molecule has 0 aliphatic rings. The van der Waals surface area contributed by atoms with Crippen molar-refractivity contribution in [3.63, 3.8) is 0 Å². The van der Waals surface area contributed by atoms with Crippen LogP contribution >= 0.6 is 0 Å². The number of pyridine rings is 1. The normalized spacial score (nSPS) is 12.2. The second kappa shape index (κ2) is 5.65. The number of nitrogens with one attached hydrogen (secondary N) is 1. The molecule has 0 saturated carbocycles. The highest BCUT2D eigenvalue weighted by molar-refractivity contribution is 5.93. The van der Waals surface area contributed by atoms with Gasteiger partial charge in [0.2, 0.25) is 0 Å². The van der Waals surface area contributed by atoms with Crippen LogP contribution in [0.25, 0.3) is 0 Å². The molecule has 0 aliphatic carbocycles. The van der Waals surface area contributed by atoms with Crippen molar-refractivity contribution in [2.24, 2.45) is 0 Å². The Kier molecular flexibility index (Phi) is 3.94. The highest BCUT2D eigenvalue weighted by Crippen LogP contribution is 2.11. The number of carbonyl (C=O) groups excluding carboxylic acids is 1. The Balaban J connectivity index is 2.06. The van der Waals surface area contributed by atoms with Gasteiger partial charge in [-0.05, 0) is 25.5 Å². The van der Waals surface area contributed by atoms with Crippen LogP contribution in [0.1, 0.15) is 28.5 Å². The first kappa shape index (κ1) is 13.3. The van der Waals surface area contributed by atoms with E-state index in [9.17, 15) is 4.79 Å².